The van der Waals surface area contributed by atoms with Gasteiger partial charge in [-0.1, -0.05) is 0 Å². The second kappa shape index (κ2) is 7.09. The van der Waals surface area contributed by atoms with Gasteiger partial charge in [0.1, 0.15) is 5.75 Å². The van der Waals surface area contributed by atoms with Crippen molar-refractivity contribution in [3.05, 3.63) is 22.7 Å². The molecule has 1 heterocycles. The molecule has 0 aromatic heterocycles. The highest BCUT2D eigenvalue weighted by molar-refractivity contribution is 9.10. The van der Waals surface area contributed by atoms with Gasteiger partial charge in [-0.15, -0.1) is 12.4 Å². The Morgan fingerprint density at radius 2 is 2.15 bits per heavy atom. The lowest BCUT2D eigenvalue weighted by Crippen LogP contribution is -2.51. The third-order valence-corrected chi connectivity index (χ3v) is 5.57. The first-order valence-electron chi connectivity index (χ1n) is 6.02. The average Bonchev–Trinajstić information content (AvgIpc) is 2.38. The van der Waals surface area contributed by atoms with E-state index in [1.807, 2.05) is 6.92 Å². The van der Waals surface area contributed by atoms with Crippen molar-refractivity contribution in [2.45, 2.75) is 17.9 Å². The number of methoxy groups -OCH3 is 1. The largest absolute Gasteiger partial charge is 0.496 e. The van der Waals surface area contributed by atoms with E-state index in [1.54, 1.807) is 25.3 Å². The van der Waals surface area contributed by atoms with E-state index in [0.29, 0.717) is 29.9 Å². The number of rotatable bonds is 3. The van der Waals surface area contributed by atoms with Gasteiger partial charge in [0.15, 0.2) is 0 Å². The van der Waals surface area contributed by atoms with E-state index in [-0.39, 0.29) is 23.3 Å². The first kappa shape index (κ1) is 17.7. The Hall–Kier alpha value is -0.340. The number of piperazine rings is 1. The molecule has 0 spiro atoms. The number of hydrogen-bond acceptors (Lipinski definition) is 4. The minimum absolute atomic E-state index is 0. The van der Waals surface area contributed by atoms with Crippen LogP contribution in [-0.2, 0) is 10.0 Å². The molecule has 20 heavy (non-hydrogen) atoms. The molecule has 8 heteroatoms. The standard InChI is InChI=1S/C12H17BrN2O3S.ClH/c1-9-8-15(6-5-14-9)19(16,17)10-3-4-12(18-2)11(13)7-10;/h3-4,7,9,14H,5-6,8H2,1-2H3;1H/t9-;/m1./s1. The molecule has 1 aromatic rings. The average molecular weight is 386 g/mol. The van der Waals surface area contributed by atoms with E-state index in [9.17, 15) is 8.42 Å². The maximum absolute atomic E-state index is 12.5. The van der Waals surface area contributed by atoms with Gasteiger partial charge in [0.05, 0.1) is 16.5 Å². The molecule has 0 saturated carbocycles. The first-order chi connectivity index (χ1) is 8.95. The number of halogens is 2. The lowest BCUT2D eigenvalue weighted by atomic mass is 10.3. The highest BCUT2D eigenvalue weighted by Gasteiger charge is 2.28. The first-order valence-corrected chi connectivity index (χ1v) is 8.25. The fourth-order valence-electron chi connectivity index (χ4n) is 2.07. The minimum atomic E-state index is -3.43. The maximum Gasteiger partial charge on any atom is 0.243 e. The molecule has 1 fully saturated rings. The molecular formula is C12H18BrClN2O3S. The quantitative estimate of drug-likeness (QED) is 0.863. The van der Waals surface area contributed by atoms with Gasteiger partial charge in [0.25, 0.3) is 0 Å². The molecule has 0 radical (unpaired) electrons. The van der Waals surface area contributed by atoms with E-state index < -0.39 is 10.0 Å². The molecule has 2 rings (SSSR count). The highest BCUT2D eigenvalue weighted by atomic mass is 79.9. The number of ether oxygens (including phenoxy) is 1. The second-order valence-corrected chi connectivity index (χ2v) is 7.31. The normalized spacial score (nSPS) is 20.2. The minimum Gasteiger partial charge on any atom is -0.496 e. The summed E-state index contributed by atoms with van der Waals surface area (Å²) in [5.41, 5.74) is 0. The van der Waals surface area contributed by atoms with Gasteiger partial charge < -0.3 is 10.1 Å². The van der Waals surface area contributed by atoms with Gasteiger partial charge >= 0.3 is 0 Å². The summed E-state index contributed by atoms with van der Waals surface area (Å²) in [4.78, 5) is 0.286. The second-order valence-electron chi connectivity index (χ2n) is 4.51. The van der Waals surface area contributed by atoms with E-state index in [1.165, 1.54) is 4.31 Å². The van der Waals surface area contributed by atoms with Crippen molar-refractivity contribution in [1.29, 1.82) is 0 Å². The molecule has 1 atom stereocenters. The van der Waals surface area contributed by atoms with Gasteiger partial charge in [-0.3, -0.25) is 0 Å². The summed E-state index contributed by atoms with van der Waals surface area (Å²) >= 11 is 3.32. The Labute approximate surface area is 134 Å². The van der Waals surface area contributed by atoms with Crippen molar-refractivity contribution in [2.24, 2.45) is 0 Å². The lowest BCUT2D eigenvalue weighted by molar-refractivity contribution is 0.310. The topological polar surface area (TPSA) is 58.6 Å². The molecule has 0 unspecified atom stereocenters. The summed E-state index contributed by atoms with van der Waals surface area (Å²) in [6, 6.07) is 4.99. The third-order valence-electron chi connectivity index (χ3n) is 3.09. The number of nitrogens with one attached hydrogen (secondary N) is 1. The van der Waals surface area contributed by atoms with Crippen LogP contribution in [0, 0.1) is 0 Å². The Balaban J connectivity index is 0.00000200. The van der Waals surface area contributed by atoms with Crippen LogP contribution in [0.4, 0.5) is 0 Å². The summed E-state index contributed by atoms with van der Waals surface area (Å²) < 4.78 is 32.3. The predicted molar refractivity (Wildman–Crippen MR) is 84.2 cm³/mol. The van der Waals surface area contributed by atoms with Gasteiger partial charge in [-0.05, 0) is 41.1 Å². The van der Waals surface area contributed by atoms with Crippen molar-refractivity contribution < 1.29 is 13.2 Å². The number of nitrogens with zero attached hydrogens (tertiary/aromatic N) is 1. The van der Waals surface area contributed by atoms with Crippen molar-refractivity contribution in [2.75, 3.05) is 26.7 Å². The monoisotopic (exact) mass is 384 g/mol. The van der Waals surface area contributed by atoms with Crippen LogP contribution in [0.2, 0.25) is 0 Å². The number of sulfonamides is 1. The Bertz CT molecular complexity index is 568. The molecule has 114 valence electrons. The molecule has 0 bridgehead atoms. The smallest absolute Gasteiger partial charge is 0.243 e. The maximum atomic E-state index is 12.5. The Morgan fingerprint density at radius 3 is 2.70 bits per heavy atom. The molecule has 1 N–H and O–H groups in total. The summed E-state index contributed by atoms with van der Waals surface area (Å²) in [5, 5.41) is 3.23. The van der Waals surface area contributed by atoms with Crippen LogP contribution in [0.25, 0.3) is 0 Å². The van der Waals surface area contributed by atoms with Crippen LogP contribution in [-0.4, -0.2) is 45.5 Å². The Morgan fingerprint density at radius 1 is 1.45 bits per heavy atom. The predicted octanol–water partition coefficient (Wildman–Crippen LogP) is 1.86. The zero-order valence-corrected chi connectivity index (χ0v) is 14.5. The van der Waals surface area contributed by atoms with Crippen LogP contribution in [0.15, 0.2) is 27.6 Å². The van der Waals surface area contributed by atoms with Gasteiger partial charge in [-0.25, -0.2) is 8.42 Å². The van der Waals surface area contributed by atoms with Crippen molar-refractivity contribution in [1.82, 2.24) is 9.62 Å². The lowest BCUT2D eigenvalue weighted by Gasteiger charge is -2.31. The summed E-state index contributed by atoms with van der Waals surface area (Å²) in [6.07, 6.45) is 0. The van der Waals surface area contributed by atoms with E-state index in [4.69, 9.17) is 4.74 Å². The fraction of sp³-hybridized carbons (Fsp3) is 0.500. The highest BCUT2D eigenvalue weighted by Crippen LogP contribution is 2.29. The van der Waals surface area contributed by atoms with Gasteiger partial charge in [0.2, 0.25) is 10.0 Å². The summed E-state index contributed by atoms with van der Waals surface area (Å²) in [7, 11) is -1.89. The van der Waals surface area contributed by atoms with E-state index >= 15 is 0 Å². The number of hydrogen-bond donors (Lipinski definition) is 1. The van der Waals surface area contributed by atoms with E-state index in [0.717, 1.165) is 0 Å². The molecule has 1 aliphatic heterocycles. The van der Waals surface area contributed by atoms with Crippen molar-refractivity contribution in [3.8, 4) is 5.75 Å². The SMILES string of the molecule is COc1ccc(S(=O)(=O)N2CCN[C@H](C)C2)cc1Br.Cl. The van der Waals surface area contributed by atoms with Crippen LogP contribution in [0.1, 0.15) is 6.92 Å². The molecule has 0 aliphatic carbocycles. The van der Waals surface area contributed by atoms with Crippen LogP contribution in [0.3, 0.4) is 0 Å². The van der Waals surface area contributed by atoms with Gasteiger partial charge in [-0.2, -0.15) is 4.31 Å². The zero-order valence-electron chi connectivity index (χ0n) is 11.3. The van der Waals surface area contributed by atoms with Gasteiger partial charge in [0, 0.05) is 25.7 Å². The van der Waals surface area contributed by atoms with Crippen molar-refractivity contribution in [3.63, 3.8) is 0 Å². The van der Waals surface area contributed by atoms with Crippen LogP contribution in [0.5, 0.6) is 5.75 Å². The zero-order chi connectivity index (χ0) is 14.0. The number of benzene rings is 1. The van der Waals surface area contributed by atoms with E-state index in [2.05, 4.69) is 21.2 Å². The fourth-order valence-corrected chi connectivity index (χ4v) is 4.32. The Kier molecular flexibility index (Phi) is 6.27. The van der Waals surface area contributed by atoms with Crippen LogP contribution < -0.4 is 10.1 Å². The molecule has 0 amide bonds. The van der Waals surface area contributed by atoms with Crippen LogP contribution >= 0.6 is 28.3 Å². The molecule has 1 saturated heterocycles. The van der Waals surface area contributed by atoms with Crippen molar-refractivity contribution >= 4 is 38.4 Å². The molecular weight excluding hydrogens is 368 g/mol. The summed E-state index contributed by atoms with van der Waals surface area (Å²) in [6.45, 7) is 3.64. The third kappa shape index (κ3) is 3.65. The molecule has 1 aliphatic rings. The summed E-state index contributed by atoms with van der Waals surface area (Å²) in [5.74, 6) is 0.618. The molecule has 5 nitrogen and oxygen atoms in total. The molecule has 1 aromatic carbocycles.